The van der Waals surface area contributed by atoms with Crippen molar-refractivity contribution in [1.29, 1.82) is 0 Å². The molecule has 0 saturated heterocycles. The van der Waals surface area contributed by atoms with E-state index in [0.29, 0.717) is 17.7 Å². The number of hydrogen-bond acceptors (Lipinski definition) is 3. The molecule has 0 radical (unpaired) electrons. The Morgan fingerprint density at radius 1 is 1.11 bits per heavy atom. The minimum absolute atomic E-state index is 0.0552. The van der Waals surface area contributed by atoms with Crippen LogP contribution in [-0.4, -0.2) is 17.5 Å². The van der Waals surface area contributed by atoms with E-state index in [9.17, 15) is 9.59 Å². The van der Waals surface area contributed by atoms with Crippen molar-refractivity contribution < 1.29 is 9.59 Å². The molecule has 1 aromatic carbocycles. The van der Waals surface area contributed by atoms with E-state index in [1.807, 2.05) is 13.8 Å². The van der Waals surface area contributed by atoms with Gasteiger partial charge in [0, 0.05) is 23.4 Å². The maximum atomic E-state index is 11.7. The number of hydrogen-bond donors (Lipinski definition) is 2. The SMILES string of the molecule is CCC(=O)Nc1ccc(C(=O)NN=C(C)CC)cc1. The highest BCUT2D eigenvalue weighted by atomic mass is 16.2. The highest BCUT2D eigenvalue weighted by molar-refractivity contribution is 5.96. The van der Waals surface area contributed by atoms with Crippen LogP contribution in [0.2, 0.25) is 0 Å². The topological polar surface area (TPSA) is 70.6 Å². The van der Waals surface area contributed by atoms with Crippen LogP contribution in [0.4, 0.5) is 5.69 Å². The lowest BCUT2D eigenvalue weighted by molar-refractivity contribution is -0.115. The second-order valence-corrected chi connectivity index (χ2v) is 4.12. The number of hydrazone groups is 1. The van der Waals surface area contributed by atoms with Crippen molar-refractivity contribution in [3.05, 3.63) is 29.8 Å². The second kappa shape index (κ2) is 7.31. The number of nitrogens with zero attached hydrogens (tertiary/aromatic N) is 1. The highest BCUT2D eigenvalue weighted by Crippen LogP contribution is 2.09. The second-order valence-electron chi connectivity index (χ2n) is 4.12. The summed E-state index contributed by atoms with van der Waals surface area (Å²) in [4.78, 5) is 23.0. The largest absolute Gasteiger partial charge is 0.326 e. The fourth-order valence-electron chi connectivity index (χ4n) is 1.24. The van der Waals surface area contributed by atoms with Gasteiger partial charge in [-0.3, -0.25) is 9.59 Å². The molecule has 1 rings (SSSR count). The maximum Gasteiger partial charge on any atom is 0.271 e. The zero-order chi connectivity index (χ0) is 14.3. The number of benzene rings is 1. The molecule has 0 aliphatic carbocycles. The molecule has 0 atom stereocenters. The van der Waals surface area contributed by atoms with Gasteiger partial charge < -0.3 is 5.32 Å². The Morgan fingerprint density at radius 2 is 1.74 bits per heavy atom. The summed E-state index contributed by atoms with van der Waals surface area (Å²) >= 11 is 0. The van der Waals surface area contributed by atoms with Gasteiger partial charge in [-0.25, -0.2) is 5.43 Å². The maximum absolute atomic E-state index is 11.7. The van der Waals surface area contributed by atoms with Crippen molar-refractivity contribution >= 4 is 23.2 Å². The summed E-state index contributed by atoms with van der Waals surface area (Å²) in [5.74, 6) is -0.318. The van der Waals surface area contributed by atoms with Crippen LogP contribution >= 0.6 is 0 Å². The fraction of sp³-hybridized carbons (Fsp3) is 0.357. The van der Waals surface area contributed by atoms with Crippen LogP contribution in [0.3, 0.4) is 0 Å². The van der Waals surface area contributed by atoms with Crippen LogP contribution in [0.15, 0.2) is 29.4 Å². The third-order valence-corrected chi connectivity index (χ3v) is 2.61. The first-order chi connectivity index (χ1) is 9.06. The van der Waals surface area contributed by atoms with Crippen molar-refractivity contribution in [1.82, 2.24) is 5.43 Å². The number of amides is 2. The molecule has 5 heteroatoms. The standard InChI is InChI=1S/C14H19N3O2/c1-4-10(3)16-17-14(19)11-6-8-12(9-7-11)15-13(18)5-2/h6-9H,4-5H2,1-3H3,(H,15,18)(H,17,19). The minimum atomic E-state index is -0.263. The first-order valence-electron chi connectivity index (χ1n) is 6.30. The third-order valence-electron chi connectivity index (χ3n) is 2.61. The van der Waals surface area contributed by atoms with Gasteiger partial charge in [0.15, 0.2) is 0 Å². The van der Waals surface area contributed by atoms with Crippen molar-refractivity contribution in [2.75, 3.05) is 5.32 Å². The van der Waals surface area contributed by atoms with Crippen LogP contribution in [0.25, 0.3) is 0 Å². The van der Waals surface area contributed by atoms with Crippen molar-refractivity contribution in [2.45, 2.75) is 33.6 Å². The molecule has 0 fully saturated rings. The molecule has 0 bridgehead atoms. The normalized spacial score (nSPS) is 11.0. The lowest BCUT2D eigenvalue weighted by atomic mass is 10.2. The zero-order valence-corrected chi connectivity index (χ0v) is 11.5. The van der Waals surface area contributed by atoms with Crippen LogP contribution in [0, 0.1) is 0 Å². The third kappa shape index (κ3) is 4.91. The van der Waals surface area contributed by atoms with Crippen LogP contribution in [0.1, 0.15) is 44.0 Å². The van der Waals surface area contributed by atoms with Gasteiger partial charge in [0.25, 0.3) is 5.91 Å². The number of nitrogens with one attached hydrogen (secondary N) is 2. The Hall–Kier alpha value is -2.17. The van der Waals surface area contributed by atoms with Gasteiger partial charge >= 0.3 is 0 Å². The van der Waals surface area contributed by atoms with Gasteiger partial charge in [0.2, 0.25) is 5.91 Å². The lowest BCUT2D eigenvalue weighted by Gasteiger charge is -2.05. The van der Waals surface area contributed by atoms with Gasteiger partial charge in [-0.05, 0) is 37.6 Å². The summed E-state index contributed by atoms with van der Waals surface area (Å²) in [5.41, 5.74) is 4.52. The van der Waals surface area contributed by atoms with Crippen molar-refractivity contribution in [3.63, 3.8) is 0 Å². The van der Waals surface area contributed by atoms with E-state index in [2.05, 4.69) is 15.8 Å². The summed E-state index contributed by atoms with van der Waals surface area (Å²) in [6, 6.07) is 6.69. The first kappa shape index (κ1) is 14.9. The number of rotatable bonds is 5. The van der Waals surface area contributed by atoms with Crippen LogP contribution < -0.4 is 10.7 Å². The van der Waals surface area contributed by atoms with Crippen LogP contribution in [0.5, 0.6) is 0 Å². The number of anilines is 1. The summed E-state index contributed by atoms with van der Waals surface area (Å²) < 4.78 is 0. The molecule has 0 aliphatic rings. The molecule has 0 saturated carbocycles. The summed E-state index contributed by atoms with van der Waals surface area (Å²) in [6.45, 7) is 5.60. The van der Waals surface area contributed by atoms with E-state index >= 15 is 0 Å². The average molecular weight is 261 g/mol. The van der Waals surface area contributed by atoms with Gasteiger partial charge in [0.05, 0.1) is 0 Å². The van der Waals surface area contributed by atoms with E-state index in [4.69, 9.17) is 0 Å². The molecule has 2 N–H and O–H groups in total. The zero-order valence-electron chi connectivity index (χ0n) is 11.5. The molecule has 2 amide bonds. The minimum Gasteiger partial charge on any atom is -0.326 e. The van der Waals surface area contributed by atoms with Gasteiger partial charge in [-0.2, -0.15) is 5.10 Å². The molecule has 0 spiro atoms. The van der Waals surface area contributed by atoms with Gasteiger partial charge in [0.1, 0.15) is 0 Å². The monoisotopic (exact) mass is 261 g/mol. The first-order valence-corrected chi connectivity index (χ1v) is 6.30. The smallest absolute Gasteiger partial charge is 0.271 e. The summed E-state index contributed by atoms with van der Waals surface area (Å²) in [6.07, 6.45) is 1.22. The molecule has 19 heavy (non-hydrogen) atoms. The average Bonchev–Trinajstić information content (AvgIpc) is 2.44. The summed E-state index contributed by atoms with van der Waals surface area (Å²) in [5, 5.41) is 6.67. The van der Waals surface area contributed by atoms with Crippen LogP contribution in [-0.2, 0) is 4.79 Å². The van der Waals surface area contributed by atoms with E-state index in [-0.39, 0.29) is 11.8 Å². The predicted octanol–water partition coefficient (Wildman–Crippen LogP) is 2.55. The van der Waals surface area contributed by atoms with Gasteiger partial charge in [-0.1, -0.05) is 13.8 Å². The lowest BCUT2D eigenvalue weighted by Crippen LogP contribution is -2.19. The Kier molecular flexibility index (Phi) is 5.73. The Morgan fingerprint density at radius 3 is 2.26 bits per heavy atom. The molecule has 5 nitrogen and oxygen atoms in total. The molecular weight excluding hydrogens is 242 g/mol. The molecular formula is C14H19N3O2. The molecule has 102 valence electrons. The molecule has 0 heterocycles. The Bertz CT molecular complexity index is 478. The Labute approximate surface area is 113 Å². The van der Waals surface area contributed by atoms with Crippen molar-refractivity contribution in [3.8, 4) is 0 Å². The Balaban J connectivity index is 2.65. The highest BCUT2D eigenvalue weighted by Gasteiger charge is 2.05. The van der Waals surface area contributed by atoms with Gasteiger partial charge in [-0.15, -0.1) is 0 Å². The van der Waals surface area contributed by atoms with E-state index in [0.717, 1.165) is 12.1 Å². The molecule has 1 aromatic rings. The molecule has 0 unspecified atom stereocenters. The van der Waals surface area contributed by atoms with Crippen molar-refractivity contribution in [2.24, 2.45) is 5.10 Å². The van der Waals surface area contributed by atoms with E-state index in [1.54, 1.807) is 31.2 Å². The van der Waals surface area contributed by atoms with E-state index in [1.165, 1.54) is 0 Å². The molecule has 0 aromatic heterocycles. The number of carbonyl (C=O) groups is 2. The fourth-order valence-corrected chi connectivity index (χ4v) is 1.24. The predicted molar refractivity (Wildman–Crippen MR) is 76.2 cm³/mol. The van der Waals surface area contributed by atoms with E-state index < -0.39 is 0 Å². The number of carbonyl (C=O) groups excluding carboxylic acids is 2. The summed E-state index contributed by atoms with van der Waals surface area (Å²) in [7, 11) is 0. The molecule has 0 aliphatic heterocycles. The quantitative estimate of drug-likeness (QED) is 0.631.